The van der Waals surface area contributed by atoms with Gasteiger partial charge in [0.1, 0.15) is 24.4 Å². The predicted octanol–water partition coefficient (Wildman–Crippen LogP) is -0.0414. The minimum atomic E-state index is -1.61. The van der Waals surface area contributed by atoms with Crippen LogP contribution in [0.3, 0.4) is 0 Å². The lowest BCUT2D eigenvalue weighted by molar-refractivity contribution is -0.304. The maximum absolute atomic E-state index is 10.5. The molecule has 1 heterocycles. The largest absolute Gasteiger partial charge is 0.502 e. The lowest BCUT2D eigenvalue weighted by atomic mass is 9.83. The number of phenolic OH excluding ortho intramolecular Hbond substituents is 2. The summed E-state index contributed by atoms with van der Waals surface area (Å²) >= 11 is 0. The van der Waals surface area contributed by atoms with Gasteiger partial charge in [0.2, 0.25) is 11.5 Å². The third kappa shape index (κ3) is 7.43. The molecule has 0 saturated carbocycles. The summed E-state index contributed by atoms with van der Waals surface area (Å²) in [5.41, 5.74) is 1.37. The molecule has 1 saturated heterocycles. The summed E-state index contributed by atoms with van der Waals surface area (Å²) in [7, 11) is 5.62. The molecule has 0 aliphatic carbocycles. The minimum absolute atomic E-state index is 0.0915. The van der Waals surface area contributed by atoms with Gasteiger partial charge in [-0.05, 0) is 60.1 Å². The summed E-state index contributed by atoms with van der Waals surface area (Å²) in [6.07, 6.45) is -6.69. The van der Waals surface area contributed by atoms with Crippen molar-refractivity contribution in [1.82, 2.24) is 0 Å². The predicted molar refractivity (Wildman–Crippen MR) is 144 cm³/mol. The van der Waals surface area contributed by atoms with Gasteiger partial charge in [0, 0.05) is 6.61 Å². The standard InChI is InChI=1S/C28H40O13/c1-36-18-7-14(8-19(37-2)23(18)31)5-16(11-29)17(6-15-9-20(38-3)24(32)21(10-15)39-4)13-40-28-27(35)26(34)25(33)22(12-30)41-28/h7-10,16-17,22,25-35H,5-6,11-13H2,1-4H3/t16-,17+,22-,25-,26+,27-,28-/m1/s1. The van der Waals surface area contributed by atoms with Crippen molar-refractivity contribution >= 4 is 0 Å². The van der Waals surface area contributed by atoms with Crippen molar-refractivity contribution in [2.75, 3.05) is 48.3 Å². The molecule has 2 aromatic rings. The van der Waals surface area contributed by atoms with E-state index in [9.17, 15) is 35.7 Å². The maximum atomic E-state index is 10.5. The normalized spacial score (nSPS) is 24.0. The van der Waals surface area contributed by atoms with E-state index < -0.39 is 49.1 Å². The second kappa shape index (κ2) is 14.7. The van der Waals surface area contributed by atoms with Crippen LogP contribution in [-0.2, 0) is 22.3 Å². The second-order valence-corrected chi connectivity index (χ2v) is 9.84. The first-order chi connectivity index (χ1) is 19.6. The van der Waals surface area contributed by atoms with E-state index in [1.165, 1.54) is 28.4 Å². The smallest absolute Gasteiger partial charge is 0.200 e. The molecule has 7 atom stereocenters. The molecule has 0 unspecified atom stereocenters. The molecule has 1 fully saturated rings. The Morgan fingerprint density at radius 2 is 1.12 bits per heavy atom. The number of hydrogen-bond donors (Lipinski definition) is 7. The molecule has 0 aromatic heterocycles. The van der Waals surface area contributed by atoms with Crippen LogP contribution in [0.15, 0.2) is 24.3 Å². The van der Waals surface area contributed by atoms with Gasteiger partial charge in [0.25, 0.3) is 0 Å². The van der Waals surface area contributed by atoms with Gasteiger partial charge in [0.05, 0.1) is 41.7 Å². The van der Waals surface area contributed by atoms with Gasteiger partial charge in [-0.2, -0.15) is 0 Å². The van der Waals surface area contributed by atoms with Crippen LogP contribution in [0.5, 0.6) is 34.5 Å². The Balaban J connectivity index is 1.93. The Kier molecular flexibility index (Phi) is 11.7. The lowest BCUT2D eigenvalue weighted by Crippen LogP contribution is -2.59. The fraction of sp³-hybridized carbons (Fsp3) is 0.571. The molecule has 0 bridgehead atoms. The molecule has 13 heteroatoms. The quantitative estimate of drug-likeness (QED) is 0.156. The number of aliphatic hydroxyl groups is 5. The molecule has 0 radical (unpaired) electrons. The van der Waals surface area contributed by atoms with Crippen LogP contribution in [0.25, 0.3) is 0 Å². The monoisotopic (exact) mass is 584 g/mol. The van der Waals surface area contributed by atoms with Gasteiger partial charge < -0.3 is 64.2 Å². The first-order valence-corrected chi connectivity index (χ1v) is 13.0. The van der Waals surface area contributed by atoms with E-state index in [0.717, 1.165) is 0 Å². The molecule has 13 nitrogen and oxygen atoms in total. The zero-order chi connectivity index (χ0) is 30.3. The zero-order valence-corrected chi connectivity index (χ0v) is 23.5. The second-order valence-electron chi connectivity index (χ2n) is 9.84. The third-order valence-corrected chi connectivity index (χ3v) is 7.30. The van der Waals surface area contributed by atoms with E-state index in [1.807, 2.05) is 0 Å². The number of rotatable bonds is 14. The molecule has 41 heavy (non-hydrogen) atoms. The van der Waals surface area contributed by atoms with E-state index in [0.29, 0.717) is 17.5 Å². The van der Waals surface area contributed by atoms with Crippen LogP contribution in [0.4, 0.5) is 0 Å². The highest BCUT2D eigenvalue weighted by Gasteiger charge is 2.44. The topological polar surface area (TPSA) is 197 Å². The first-order valence-electron chi connectivity index (χ1n) is 13.0. The molecule has 2 aromatic carbocycles. The van der Waals surface area contributed by atoms with Crippen molar-refractivity contribution in [3.63, 3.8) is 0 Å². The maximum Gasteiger partial charge on any atom is 0.200 e. The average Bonchev–Trinajstić information content (AvgIpc) is 2.98. The summed E-state index contributed by atoms with van der Waals surface area (Å²) in [4.78, 5) is 0. The third-order valence-electron chi connectivity index (χ3n) is 7.30. The van der Waals surface area contributed by atoms with Crippen molar-refractivity contribution in [2.45, 2.75) is 43.5 Å². The van der Waals surface area contributed by atoms with Crippen LogP contribution in [0.2, 0.25) is 0 Å². The summed E-state index contributed by atoms with van der Waals surface area (Å²) in [5, 5.41) is 71.4. The molecule has 3 rings (SSSR count). The summed E-state index contributed by atoms with van der Waals surface area (Å²) in [6.45, 7) is -0.989. The summed E-state index contributed by atoms with van der Waals surface area (Å²) in [5.74, 6) is -0.513. The van der Waals surface area contributed by atoms with Gasteiger partial charge in [0.15, 0.2) is 29.3 Å². The van der Waals surface area contributed by atoms with Crippen molar-refractivity contribution in [1.29, 1.82) is 0 Å². The van der Waals surface area contributed by atoms with E-state index >= 15 is 0 Å². The van der Waals surface area contributed by atoms with Gasteiger partial charge in [-0.25, -0.2) is 0 Å². The van der Waals surface area contributed by atoms with Gasteiger partial charge in [-0.15, -0.1) is 0 Å². The molecular weight excluding hydrogens is 544 g/mol. The van der Waals surface area contributed by atoms with Crippen LogP contribution in [0, 0.1) is 11.8 Å². The van der Waals surface area contributed by atoms with Crippen LogP contribution < -0.4 is 18.9 Å². The molecule has 0 spiro atoms. The van der Waals surface area contributed by atoms with E-state index in [2.05, 4.69) is 0 Å². The highest BCUT2D eigenvalue weighted by Crippen LogP contribution is 2.40. The van der Waals surface area contributed by atoms with Crippen molar-refractivity contribution in [3.8, 4) is 34.5 Å². The van der Waals surface area contributed by atoms with Gasteiger partial charge in [-0.3, -0.25) is 0 Å². The first kappa shape index (κ1) is 32.5. The SMILES string of the molecule is COc1cc(C[C@@H](CO[C@@H]2O[C@H](CO)[C@@H](O)[C@H](O)[C@H]2O)[C@@H](CO)Cc2cc(OC)c(O)c(OC)c2)cc(OC)c1O. The van der Waals surface area contributed by atoms with Crippen LogP contribution >= 0.6 is 0 Å². The Morgan fingerprint density at radius 1 is 0.683 bits per heavy atom. The van der Waals surface area contributed by atoms with E-state index in [4.69, 9.17) is 28.4 Å². The number of hydrogen-bond acceptors (Lipinski definition) is 13. The molecule has 0 amide bonds. The number of benzene rings is 2. The minimum Gasteiger partial charge on any atom is -0.502 e. The fourth-order valence-electron chi connectivity index (χ4n) is 4.90. The van der Waals surface area contributed by atoms with Crippen molar-refractivity contribution < 1.29 is 64.2 Å². The van der Waals surface area contributed by atoms with Crippen molar-refractivity contribution in [3.05, 3.63) is 35.4 Å². The lowest BCUT2D eigenvalue weighted by Gasteiger charge is -2.40. The summed E-state index contributed by atoms with van der Waals surface area (Å²) < 4.78 is 32.5. The van der Waals surface area contributed by atoms with Crippen LogP contribution in [-0.4, -0.2) is 115 Å². The molecule has 1 aliphatic heterocycles. The Hall–Kier alpha value is -3.04. The summed E-state index contributed by atoms with van der Waals surface area (Å²) in [6, 6.07) is 6.50. The van der Waals surface area contributed by atoms with E-state index in [-0.39, 0.29) is 54.1 Å². The molecule has 1 aliphatic rings. The van der Waals surface area contributed by atoms with E-state index in [1.54, 1.807) is 24.3 Å². The number of ether oxygens (including phenoxy) is 6. The van der Waals surface area contributed by atoms with Crippen molar-refractivity contribution in [2.24, 2.45) is 11.8 Å². The van der Waals surface area contributed by atoms with Gasteiger partial charge in [-0.1, -0.05) is 0 Å². The molecular formula is C28H40O13. The fourth-order valence-corrected chi connectivity index (χ4v) is 4.90. The number of aliphatic hydroxyl groups excluding tert-OH is 5. The Bertz CT molecular complexity index is 1070. The Labute approximate surface area is 238 Å². The molecule has 230 valence electrons. The highest BCUT2D eigenvalue weighted by atomic mass is 16.7. The Morgan fingerprint density at radius 3 is 1.51 bits per heavy atom. The number of methoxy groups -OCH3 is 4. The van der Waals surface area contributed by atoms with Crippen LogP contribution in [0.1, 0.15) is 11.1 Å². The average molecular weight is 585 g/mol. The number of phenols is 2. The van der Waals surface area contributed by atoms with Gasteiger partial charge >= 0.3 is 0 Å². The molecule has 7 N–H and O–H groups in total. The zero-order valence-electron chi connectivity index (χ0n) is 23.5. The highest BCUT2D eigenvalue weighted by molar-refractivity contribution is 5.53. The number of aromatic hydroxyl groups is 2.